The quantitative estimate of drug-likeness (QED) is 0.205. The standard InChI is InChI=1S/C16H16I2N4O4/c17-13-7-5-11(25-13)9-19-21-15(23)3-1-2-4-16(24)22-20-10-12-6-8-14(18)26-12/h5-10H,1-4H2,(H,21,23)(H,22,24). The molecule has 0 unspecified atom stereocenters. The molecule has 2 heterocycles. The van der Waals surface area contributed by atoms with E-state index in [-0.39, 0.29) is 24.7 Å². The fraction of sp³-hybridized carbons (Fsp3) is 0.250. The number of unbranched alkanes of at least 4 members (excludes halogenated alkanes) is 1. The summed E-state index contributed by atoms with van der Waals surface area (Å²) in [4.78, 5) is 23.2. The number of hydrogen-bond acceptors (Lipinski definition) is 6. The van der Waals surface area contributed by atoms with Crippen molar-refractivity contribution in [3.05, 3.63) is 43.3 Å². The number of hydrogen-bond donors (Lipinski definition) is 2. The number of amides is 2. The second kappa shape index (κ2) is 11.1. The van der Waals surface area contributed by atoms with Crippen LogP contribution in [0, 0.1) is 7.53 Å². The highest BCUT2D eigenvalue weighted by molar-refractivity contribution is 14.1. The smallest absolute Gasteiger partial charge is 0.240 e. The maximum atomic E-state index is 11.6. The summed E-state index contributed by atoms with van der Waals surface area (Å²) < 4.78 is 12.0. The number of carbonyl (C=O) groups is 2. The SMILES string of the molecule is O=C(CCCCC(=O)NN=Cc1ccc(I)o1)NN=Cc1ccc(I)o1. The van der Waals surface area contributed by atoms with Crippen molar-refractivity contribution in [1.29, 1.82) is 0 Å². The fourth-order valence-corrected chi connectivity index (χ4v) is 2.68. The highest BCUT2D eigenvalue weighted by Crippen LogP contribution is 2.08. The maximum Gasteiger partial charge on any atom is 0.240 e. The molecule has 0 bridgehead atoms. The van der Waals surface area contributed by atoms with Gasteiger partial charge in [-0.15, -0.1) is 0 Å². The van der Waals surface area contributed by atoms with Crippen LogP contribution in [0.15, 0.2) is 43.3 Å². The minimum atomic E-state index is -0.214. The largest absolute Gasteiger partial charge is 0.449 e. The molecule has 0 aromatic carbocycles. The number of nitrogens with one attached hydrogen (secondary N) is 2. The van der Waals surface area contributed by atoms with Gasteiger partial charge in [0.25, 0.3) is 0 Å². The first kappa shape index (κ1) is 20.6. The van der Waals surface area contributed by atoms with E-state index in [0.29, 0.717) is 24.4 Å². The Kier molecular flexibility index (Phi) is 8.80. The van der Waals surface area contributed by atoms with Crippen LogP contribution in [0.1, 0.15) is 37.2 Å². The van der Waals surface area contributed by atoms with Crippen LogP contribution in [0.25, 0.3) is 0 Å². The number of furan rings is 2. The Bertz CT molecular complexity index is 732. The number of carbonyl (C=O) groups excluding carboxylic acids is 2. The Labute approximate surface area is 177 Å². The maximum absolute atomic E-state index is 11.6. The van der Waals surface area contributed by atoms with Crippen molar-refractivity contribution in [2.45, 2.75) is 25.7 Å². The van der Waals surface area contributed by atoms with E-state index in [1.807, 2.05) is 45.2 Å². The first-order valence-electron chi connectivity index (χ1n) is 7.67. The molecule has 2 aromatic rings. The molecule has 0 aliphatic rings. The van der Waals surface area contributed by atoms with Gasteiger partial charge in [0.05, 0.1) is 12.4 Å². The second-order valence-corrected chi connectivity index (χ2v) is 7.20. The van der Waals surface area contributed by atoms with Gasteiger partial charge in [0.2, 0.25) is 11.8 Å². The zero-order valence-corrected chi connectivity index (χ0v) is 17.9. The van der Waals surface area contributed by atoms with E-state index in [2.05, 4.69) is 21.1 Å². The molecule has 26 heavy (non-hydrogen) atoms. The Morgan fingerprint density at radius 1 is 0.846 bits per heavy atom. The number of halogens is 2. The summed E-state index contributed by atoms with van der Waals surface area (Å²) in [5, 5.41) is 7.62. The number of hydrazone groups is 2. The van der Waals surface area contributed by atoms with Crippen LogP contribution < -0.4 is 10.9 Å². The van der Waals surface area contributed by atoms with E-state index in [4.69, 9.17) is 8.83 Å². The van der Waals surface area contributed by atoms with Gasteiger partial charge in [0.15, 0.2) is 7.53 Å². The van der Waals surface area contributed by atoms with Crippen molar-refractivity contribution in [2.24, 2.45) is 10.2 Å². The van der Waals surface area contributed by atoms with Crippen molar-refractivity contribution in [3.8, 4) is 0 Å². The summed E-state index contributed by atoms with van der Waals surface area (Å²) in [5.41, 5.74) is 4.83. The normalized spacial score (nSPS) is 11.3. The molecule has 0 atom stereocenters. The second-order valence-electron chi connectivity index (χ2n) is 5.08. The third-order valence-corrected chi connectivity index (χ3v) is 4.17. The van der Waals surface area contributed by atoms with Crippen molar-refractivity contribution < 1.29 is 18.4 Å². The average Bonchev–Trinajstić information content (AvgIpc) is 3.20. The molecule has 0 saturated heterocycles. The van der Waals surface area contributed by atoms with E-state index in [1.165, 1.54) is 12.4 Å². The van der Waals surface area contributed by atoms with Crippen LogP contribution in [0.3, 0.4) is 0 Å². The molecular formula is C16H16I2N4O4. The molecule has 2 amide bonds. The van der Waals surface area contributed by atoms with Crippen molar-refractivity contribution >= 4 is 69.4 Å². The van der Waals surface area contributed by atoms with Gasteiger partial charge in [0.1, 0.15) is 11.5 Å². The van der Waals surface area contributed by atoms with Gasteiger partial charge in [-0.2, -0.15) is 10.2 Å². The van der Waals surface area contributed by atoms with Crippen LogP contribution in [-0.2, 0) is 9.59 Å². The Morgan fingerprint density at radius 2 is 1.27 bits per heavy atom. The van der Waals surface area contributed by atoms with Gasteiger partial charge >= 0.3 is 0 Å². The summed E-state index contributed by atoms with van der Waals surface area (Å²) in [6.45, 7) is 0. The third-order valence-electron chi connectivity index (χ3n) is 3.01. The van der Waals surface area contributed by atoms with Crippen molar-refractivity contribution in [2.75, 3.05) is 0 Å². The molecule has 0 aliphatic heterocycles. The van der Waals surface area contributed by atoms with Gasteiger partial charge in [0, 0.05) is 12.8 Å². The lowest BCUT2D eigenvalue weighted by molar-refractivity contribution is -0.123. The molecule has 138 valence electrons. The molecular weight excluding hydrogens is 566 g/mol. The van der Waals surface area contributed by atoms with Gasteiger partial charge in [-0.05, 0) is 82.3 Å². The predicted octanol–water partition coefficient (Wildman–Crippen LogP) is 3.24. The van der Waals surface area contributed by atoms with Crippen LogP contribution in [-0.4, -0.2) is 24.2 Å². The van der Waals surface area contributed by atoms with E-state index in [0.717, 1.165) is 7.53 Å². The summed E-state index contributed by atoms with van der Waals surface area (Å²) in [6.07, 6.45) is 4.60. The van der Waals surface area contributed by atoms with Crippen LogP contribution in [0.4, 0.5) is 0 Å². The lowest BCUT2D eigenvalue weighted by Gasteiger charge is -2.00. The molecule has 2 aromatic heterocycles. The van der Waals surface area contributed by atoms with E-state index < -0.39 is 0 Å². The minimum absolute atomic E-state index is 0.214. The van der Waals surface area contributed by atoms with Gasteiger partial charge in [-0.1, -0.05) is 0 Å². The molecule has 8 nitrogen and oxygen atoms in total. The highest BCUT2D eigenvalue weighted by Gasteiger charge is 2.03. The van der Waals surface area contributed by atoms with Crippen LogP contribution in [0.5, 0.6) is 0 Å². The van der Waals surface area contributed by atoms with Gasteiger partial charge in [-0.3, -0.25) is 9.59 Å². The van der Waals surface area contributed by atoms with Crippen molar-refractivity contribution in [1.82, 2.24) is 10.9 Å². The zero-order valence-electron chi connectivity index (χ0n) is 13.6. The number of rotatable bonds is 9. The highest BCUT2D eigenvalue weighted by atomic mass is 127. The molecule has 2 N–H and O–H groups in total. The first-order chi connectivity index (χ1) is 12.5. The lowest BCUT2D eigenvalue weighted by atomic mass is 10.2. The van der Waals surface area contributed by atoms with E-state index in [9.17, 15) is 9.59 Å². The first-order valence-corrected chi connectivity index (χ1v) is 9.83. The van der Waals surface area contributed by atoms with E-state index in [1.54, 1.807) is 24.3 Å². The molecule has 0 spiro atoms. The Balaban J connectivity index is 1.54. The summed E-state index contributed by atoms with van der Waals surface area (Å²) in [6, 6.07) is 7.11. The lowest BCUT2D eigenvalue weighted by Crippen LogP contribution is -2.18. The molecule has 2 rings (SSSR count). The molecule has 10 heteroatoms. The zero-order chi connectivity index (χ0) is 18.8. The van der Waals surface area contributed by atoms with E-state index >= 15 is 0 Å². The number of nitrogens with zero attached hydrogens (tertiary/aromatic N) is 2. The Morgan fingerprint density at radius 3 is 1.62 bits per heavy atom. The molecule has 0 aliphatic carbocycles. The predicted molar refractivity (Wildman–Crippen MR) is 113 cm³/mol. The monoisotopic (exact) mass is 582 g/mol. The summed E-state index contributed by atoms with van der Waals surface area (Å²) in [7, 11) is 0. The molecule has 0 radical (unpaired) electrons. The van der Waals surface area contributed by atoms with Gasteiger partial charge in [-0.25, -0.2) is 10.9 Å². The molecule has 0 saturated carbocycles. The summed E-state index contributed by atoms with van der Waals surface area (Å²) in [5.74, 6) is 0.703. The van der Waals surface area contributed by atoms with Crippen LogP contribution in [0.2, 0.25) is 0 Å². The third kappa shape index (κ3) is 8.12. The minimum Gasteiger partial charge on any atom is -0.449 e. The van der Waals surface area contributed by atoms with Crippen LogP contribution >= 0.6 is 45.2 Å². The van der Waals surface area contributed by atoms with Gasteiger partial charge < -0.3 is 8.83 Å². The molecule has 0 fully saturated rings. The fourth-order valence-electron chi connectivity index (χ4n) is 1.81. The summed E-state index contributed by atoms with van der Waals surface area (Å²) >= 11 is 4.09. The topological polar surface area (TPSA) is 109 Å². The Hall–Kier alpha value is -1.70. The van der Waals surface area contributed by atoms with Crippen molar-refractivity contribution in [3.63, 3.8) is 0 Å². The average molecular weight is 582 g/mol.